The number of carbonyl (C=O) groups is 1. The molecule has 0 fully saturated rings. The normalized spacial score (nSPS) is 17.5. The molecule has 1 aliphatic heterocycles. The van der Waals surface area contributed by atoms with Crippen molar-refractivity contribution in [3.05, 3.63) is 17.7 Å². The Balaban J connectivity index is 2.40. The molecule has 5 heteroatoms. The highest BCUT2D eigenvalue weighted by molar-refractivity contribution is 5.83. The van der Waals surface area contributed by atoms with Crippen LogP contribution in [0.5, 0.6) is 11.5 Å². The summed E-state index contributed by atoms with van der Waals surface area (Å²) in [6, 6.07) is 2.97. The summed E-state index contributed by atoms with van der Waals surface area (Å²) in [4.78, 5) is 10.9. The summed E-state index contributed by atoms with van der Waals surface area (Å²) in [5, 5.41) is 11.9. The fourth-order valence-corrected chi connectivity index (χ4v) is 1.84. The van der Waals surface area contributed by atoms with Gasteiger partial charge in [-0.2, -0.15) is 0 Å². The Bertz CT molecular complexity index is 430. The van der Waals surface area contributed by atoms with E-state index < -0.39 is 12.0 Å². The Labute approximate surface area is 93.0 Å². The van der Waals surface area contributed by atoms with Crippen molar-refractivity contribution in [2.75, 3.05) is 19.5 Å². The fraction of sp³-hybridized carbons (Fsp3) is 0.364. The highest BCUT2D eigenvalue weighted by Gasteiger charge is 2.29. The van der Waals surface area contributed by atoms with Gasteiger partial charge in [0, 0.05) is 12.5 Å². The third-order valence-corrected chi connectivity index (χ3v) is 2.65. The predicted molar refractivity (Wildman–Crippen MR) is 58.3 cm³/mol. The maximum Gasteiger partial charge on any atom is 0.326 e. The Morgan fingerprint density at radius 3 is 2.75 bits per heavy atom. The number of carboxylic acid groups (broad SMARTS) is 1. The number of nitrogens with one attached hydrogen (secondary N) is 1. The smallest absolute Gasteiger partial charge is 0.326 e. The van der Waals surface area contributed by atoms with E-state index in [9.17, 15) is 4.79 Å². The van der Waals surface area contributed by atoms with Crippen molar-refractivity contribution in [3.63, 3.8) is 0 Å². The third-order valence-electron chi connectivity index (χ3n) is 2.65. The molecule has 0 amide bonds. The van der Waals surface area contributed by atoms with Crippen molar-refractivity contribution in [2.24, 2.45) is 0 Å². The lowest BCUT2D eigenvalue weighted by Gasteiger charge is -2.10. The molecular formula is C11H13NO4. The van der Waals surface area contributed by atoms with Gasteiger partial charge in [-0.15, -0.1) is 0 Å². The van der Waals surface area contributed by atoms with Crippen molar-refractivity contribution < 1.29 is 19.4 Å². The second-order valence-corrected chi connectivity index (χ2v) is 3.60. The minimum atomic E-state index is -0.864. The first kappa shape index (κ1) is 10.6. The van der Waals surface area contributed by atoms with Crippen LogP contribution in [0.15, 0.2) is 12.1 Å². The standard InChI is InChI=1S/C11H13NO4/c1-15-7-3-6-4-8(11(13)14)12-10(6)9(5-7)16-2/h3,5,8,12H,4H2,1-2H3,(H,13,14). The molecule has 86 valence electrons. The average Bonchev–Trinajstić information content (AvgIpc) is 2.71. The van der Waals surface area contributed by atoms with Gasteiger partial charge in [0.2, 0.25) is 0 Å². The Morgan fingerprint density at radius 1 is 1.44 bits per heavy atom. The molecule has 0 saturated heterocycles. The van der Waals surface area contributed by atoms with Crippen LogP contribution in [0.1, 0.15) is 5.56 Å². The number of carboxylic acids is 1. The third kappa shape index (κ3) is 1.64. The van der Waals surface area contributed by atoms with Gasteiger partial charge in [-0.25, -0.2) is 4.79 Å². The van der Waals surface area contributed by atoms with Gasteiger partial charge in [0.15, 0.2) is 0 Å². The zero-order valence-electron chi connectivity index (χ0n) is 9.11. The molecule has 0 spiro atoms. The molecule has 2 N–H and O–H groups in total. The van der Waals surface area contributed by atoms with E-state index in [0.717, 1.165) is 11.3 Å². The molecule has 0 radical (unpaired) electrons. The Morgan fingerprint density at radius 2 is 2.19 bits per heavy atom. The van der Waals surface area contributed by atoms with E-state index in [2.05, 4.69) is 5.32 Å². The largest absolute Gasteiger partial charge is 0.497 e. The minimum Gasteiger partial charge on any atom is -0.497 e. The van der Waals surface area contributed by atoms with Gasteiger partial charge in [0.25, 0.3) is 0 Å². The molecule has 1 aliphatic rings. The minimum absolute atomic E-state index is 0.443. The molecule has 1 heterocycles. The molecular weight excluding hydrogens is 210 g/mol. The fourth-order valence-electron chi connectivity index (χ4n) is 1.84. The SMILES string of the molecule is COc1cc2c(c(OC)c1)NC(C(=O)O)C2. The van der Waals surface area contributed by atoms with Crippen LogP contribution in [0.2, 0.25) is 0 Å². The van der Waals surface area contributed by atoms with Crippen LogP contribution in [0.3, 0.4) is 0 Å². The first-order valence-corrected chi connectivity index (χ1v) is 4.90. The summed E-state index contributed by atoms with van der Waals surface area (Å²) in [5.74, 6) is 0.416. The lowest BCUT2D eigenvalue weighted by molar-refractivity contribution is -0.137. The summed E-state index contributed by atoms with van der Waals surface area (Å²) in [7, 11) is 3.11. The first-order valence-electron chi connectivity index (χ1n) is 4.90. The number of ether oxygens (including phenoxy) is 2. The topological polar surface area (TPSA) is 67.8 Å². The van der Waals surface area contributed by atoms with Crippen molar-refractivity contribution in [2.45, 2.75) is 12.5 Å². The second kappa shape index (κ2) is 3.92. The molecule has 0 saturated carbocycles. The van der Waals surface area contributed by atoms with Crippen LogP contribution in [-0.4, -0.2) is 31.3 Å². The van der Waals surface area contributed by atoms with Crippen LogP contribution < -0.4 is 14.8 Å². The lowest BCUT2D eigenvalue weighted by Crippen LogP contribution is -2.26. The number of aliphatic carboxylic acids is 1. The molecule has 16 heavy (non-hydrogen) atoms. The second-order valence-electron chi connectivity index (χ2n) is 3.60. The molecule has 1 aromatic carbocycles. The summed E-state index contributed by atoms with van der Waals surface area (Å²) in [6.07, 6.45) is 0.443. The van der Waals surface area contributed by atoms with E-state index in [1.807, 2.05) is 6.07 Å². The number of methoxy groups -OCH3 is 2. The number of hydrogen-bond donors (Lipinski definition) is 2. The van der Waals surface area contributed by atoms with Gasteiger partial charge in [-0.3, -0.25) is 0 Å². The van der Waals surface area contributed by atoms with Gasteiger partial charge >= 0.3 is 5.97 Å². The maximum absolute atomic E-state index is 10.9. The van der Waals surface area contributed by atoms with E-state index >= 15 is 0 Å². The van der Waals surface area contributed by atoms with Crippen LogP contribution in [0.4, 0.5) is 5.69 Å². The van der Waals surface area contributed by atoms with Crippen molar-refractivity contribution >= 4 is 11.7 Å². The van der Waals surface area contributed by atoms with Crippen LogP contribution >= 0.6 is 0 Å². The monoisotopic (exact) mass is 223 g/mol. The van der Waals surface area contributed by atoms with Crippen molar-refractivity contribution in [1.29, 1.82) is 0 Å². The van der Waals surface area contributed by atoms with Crippen LogP contribution in [-0.2, 0) is 11.2 Å². The van der Waals surface area contributed by atoms with Gasteiger partial charge in [0.1, 0.15) is 17.5 Å². The average molecular weight is 223 g/mol. The molecule has 0 aromatic heterocycles. The molecule has 1 atom stereocenters. The number of anilines is 1. The van der Waals surface area contributed by atoms with Crippen LogP contribution in [0.25, 0.3) is 0 Å². The number of hydrogen-bond acceptors (Lipinski definition) is 4. The summed E-state index contributed by atoms with van der Waals surface area (Å²) in [5.41, 5.74) is 1.65. The highest BCUT2D eigenvalue weighted by atomic mass is 16.5. The molecule has 1 aromatic rings. The molecule has 0 bridgehead atoms. The zero-order chi connectivity index (χ0) is 11.7. The summed E-state index contributed by atoms with van der Waals surface area (Å²) in [6.45, 7) is 0. The lowest BCUT2D eigenvalue weighted by atomic mass is 10.1. The molecule has 0 aliphatic carbocycles. The predicted octanol–water partition coefficient (Wildman–Crippen LogP) is 1.12. The number of fused-ring (bicyclic) bond motifs is 1. The maximum atomic E-state index is 10.9. The van der Waals surface area contributed by atoms with E-state index in [1.54, 1.807) is 20.3 Å². The van der Waals surface area contributed by atoms with E-state index in [4.69, 9.17) is 14.6 Å². The highest BCUT2D eigenvalue weighted by Crippen LogP contribution is 2.38. The van der Waals surface area contributed by atoms with Gasteiger partial charge in [-0.05, 0) is 11.6 Å². The first-order chi connectivity index (χ1) is 7.65. The van der Waals surface area contributed by atoms with E-state index in [0.29, 0.717) is 17.9 Å². The summed E-state index contributed by atoms with van der Waals surface area (Å²) < 4.78 is 10.3. The zero-order valence-corrected chi connectivity index (χ0v) is 9.11. The van der Waals surface area contributed by atoms with Gasteiger partial charge < -0.3 is 19.9 Å². The quantitative estimate of drug-likeness (QED) is 0.803. The molecule has 5 nitrogen and oxygen atoms in total. The van der Waals surface area contributed by atoms with Gasteiger partial charge in [0.05, 0.1) is 19.9 Å². The number of rotatable bonds is 3. The van der Waals surface area contributed by atoms with E-state index in [1.165, 1.54) is 0 Å². The van der Waals surface area contributed by atoms with Crippen molar-refractivity contribution in [3.8, 4) is 11.5 Å². The van der Waals surface area contributed by atoms with E-state index in [-0.39, 0.29) is 0 Å². The Hall–Kier alpha value is -1.91. The molecule has 1 unspecified atom stereocenters. The van der Waals surface area contributed by atoms with Gasteiger partial charge in [-0.1, -0.05) is 0 Å². The van der Waals surface area contributed by atoms with Crippen LogP contribution in [0, 0.1) is 0 Å². The number of benzene rings is 1. The molecule has 2 rings (SSSR count). The Kier molecular flexibility index (Phi) is 2.60. The summed E-state index contributed by atoms with van der Waals surface area (Å²) >= 11 is 0. The van der Waals surface area contributed by atoms with Crippen molar-refractivity contribution in [1.82, 2.24) is 0 Å².